The van der Waals surface area contributed by atoms with Gasteiger partial charge in [0.25, 0.3) is 0 Å². The summed E-state index contributed by atoms with van der Waals surface area (Å²) in [5, 5.41) is 1.48. The molecule has 0 saturated heterocycles. The number of benzene rings is 5. The lowest BCUT2D eigenvalue weighted by molar-refractivity contribution is -0.137. The normalized spacial score (nSPS) is 13.5. The number of aryl methyl sites for hydroxylation is 4. The number of halogens is 6. The van der Waals surface area contributed by atoms with Gasteiger partial charge in [-0.25, -0.2) is 13.1 Å². The van der Waals surface area contributed by atoms with Crippen molar-refractivity contribution in [2.45, 2.75) is 49.6 Å². The van der Waals surface area contributed by atoms with E-state index in [2.05, 4.69) is 57.0 Å². The third kappa shape index (κ3) is 9.90. The van der Waals surface area contributed by atoms with E-state index in [4.69, 9.17) is 28.9 Å². The van der Waals surface area contributed by atoms with E-state index < -0.39 is 21.8 Å². The Morgan fingerprint density at radius 1 is 0.630 bits per heavy atom. The van der Waals surface area contributed by atoms with Crippen LogP contribution in [0.25, 0.3) is 0 Å². The average molecular weight is 818 g/mol. The SMILES string of the molecule is Cl.NCCCN1c2ccccc2CCc2cc(Cl)ccc21.O=S(=O)(NCCCN1c2ccccc2CCc2cc(Cl)ccc21)c1ccc(C(F)(F)F)cc1. The molecule has 286 valence electrons. The zero-order valence-corrected chi connectivity index (χ0v) is 32.6. The highest BCUT2D eigenvalue weighted by Crippen LogP contribution is 2.38. The molecule has 0 radical (unpaired) electrons. The van der Waals surface area contributed by atoms with Crippen molar-refractivity contribution in [1.29, 1.82) is 0 Å². The van der Waals surface area contributed by atoms with E-state index in [0.717, 1.165) is 84.9 Å². The van der Waals surface area contributed by atoms with Crippen LogP contribution in [0.15, 0.2) is 114 Å². The molecule has 0 aromatic heterocycles. The van der Waals surface area contributed by atoms with E-state index in [9.17, 15) is 21.6 Å². The van der Waals surface area contributed by atoms with E-state index in [0.29, 0.717) is 24.5 Å². The van der Waals surface area contributed by atoms with Crippen molar-refractivity contribution in [2.75, 3.05) is 36.0 Å². The van der Waals surface area contributed by atoms with Gasteiger partial charge < -0.3 is 15.5 Å². The molecule has 13 heteroatoms. The van der Waals surface area contributed by atoms with Gasteiger partial charge in [-0.15, -0.1) is 12.4 Å². The molecule has 0 atom stereocenters. The number of nitrogens with one attached hydrogen (secondary N) is 1. The molecule has 7 rings (SSSR count). The van der Waals surface area contributed by atoms with Crippen molar-refractivity contribution < 1.29 is 21.6 Å². The molecule has 0 amide bonds. The first kappa shape index (κ1) is 41.4. The molecule has 0 unspecified atom stereocenters. The van der Waals surface area contributed by atoms with E-state index in [1.54, 1.807) is 0 Å². The van der Waals surface area contributed by atoms with Crippen molar-refractivity contribution in [3.05, 3.63) is 147 Å². The molecule has 2 heterocycles. The Morgan fingerprint density at radius 2 is 1.07 bits per heavy atom. The first-order chi connectivity index (χ1) is 25.4. The zero-order chi connectivity index (χ0) is 37.6. The van der Waals surface area contributed by atoms with Crippen molar-refractivity contribution >= 4 is 68.4 Å². The number of hydrogen-bond donors (Lipinski definition) is 2. The van der Waals surface area contributed by atoms with Crippen molar-refractivity contribution in [3.8, 4) is 0 Å². The maximum atomic E-state index is 12.7. The van der Waals surface area contributed by atoms with Crippen LogP contribution in [0, 0.1) is 0 Å². The third-order valence-corrected chi connectivity index (χ3v) is 11.4. The summed E-state index contributed by atoms with van der Waals surface area (Å²) in [4.78, 5) is 4.36. The quantitative estimate of drug-likeness (QED) is 0.145. The Morgan fingerprint density at radius 3 is 1.56 bits per heavy atom. The van der Waals surface area contributed by atoms with Crippen LogP contribution in [0.2, 0.25) is 10.0 Å². The van der Waals surface area contributed by atoms with Gasteiger partial charge in [0, 0.05) is 52.4 Å². The molecule has 0 bridgehead atoms. The molecule has 2 aliphatic rings. The Labute approximate surface area is 331 Å². The third-order valence-electron chi connectivity index (χ3n) is 9.49. The van der Waals surface area contributed by atoms with Crippen LogP contribution in [0.1, 0.15) is 40.7 Å². The average Bonchev–Trinajstić information content (AvgIpc) is 3.40. The summed E-state index contributed by atoms with van der Waals surface area (Å²) in [5.74, 6) is 0. The first-order valence-electron chi connectivity index (χ1n) is 17.6. The van der Waals surface area contributed by atoms with Crippen molar-refractivity contribution in [2.24, 2.45) is 5.73 Å². The second kappa shape index (κ2) is 18.2. The summed E-state index contributed by atoms with van der Waals surface area (Å²) in [5.41, 5.74) is 14.6. The van der Waals surface area contributed by atoms with Gasteiger partial charge in [-0.2, -0.15) is 13.2 Å². The minimum Gasteiger partial charge on any atom is -0.341 e. The fourth-order valence-corrected chi connectivity index (χ4v) is 8.35. The second-order valence-electron chi connectivity index (χ2n) is 13.0. The van der Waals surface area contributed by atoms with Gasteiger partial charge in [-0.05, 0) is 140 Å². The molecular weight excluding hydrogens is 776 g/mol. The first-order valence-corrected chi connectivity index (χ1v) is 19.8. The summed E-state index contributed by atoms with van der Waals surface area (Å²) in [7, 11) is -3.91. The van der Waals surface area contributed by atoms with Crippen LogP contribution >= 0.6 is 35.6 Å². The monoisotopic (exact) mass is 816 g/mol. The molecule has 0 spiro atoms. The molecule has 54 heavy (non-hydrogen) atoms. The number of anilines is 4. The standard InChI is InChI=1S/C24H22ClF3N2O2S.C17H19ClN2.ClH/c25-20-10-13-23-18(16-20)7-6-17-4-1-2-5-22(17)30(23)15-3-14-29-33(31,32)21-11-8-19(9-12-21)24(26,27)28;18-15-8-9-17-14(12-15)7-6-13-4-1-2-5-16(13)20(17)11-3-10-19;/h1-2,4-5,8-13,16,29H,3,6-7,14-15H2;1-2,4-5,8-9,12H,3,6-7,10-11,19H2;1H. The summed E-state index contributed by atoms with van der Waals surface area (Å²) < 4.78 is 65.7. The van der Waals surface area contributed by atoms with E-state index in [1.807, 2.05) is 42.5 Å². The van der Waals surface area contributed by atoms with Gasteiger partial charge in [-0.1, -0.05) is 59.6 Å². The largest absolute Gasteiger partial charge is 0.416 e. The van der Waals surface area contributed by atoms with Crippen LogP contribution in [-0.2, 0) is 41.9 Å². The summed E-state index contributed by atoms with van der Waals surface area (Å²) in [6.07, 6.45) is 0.783. The predicted molar refractivity (Wildman–Crippen MR) is 217 cm³/mol. The lowest BCUT2D eigenvalue weighted by Gasteiger charge is -2.27. The Kier molecular flexibility index (Phi) is 14.0. The van der Waals surface area contributed by atoms with Crippen LogP contribution in [-0.4, -0.2) is 34.6 Å². The summed E-state index contributed by atoms with van der Waals surface area (Å²) >= 11 is 12.4. The molecule has 0 fully saturated rings. The minimum atomic E-state index is -4.51. The molecule has 2 aliphatic heterocycles. The lowest BCUT2D eigenvalue weighted by Crippen LogP contribution is -2.28. The maximum absolute atomic E-state index is 12.7. The zero-order valence-electron chi connectivity index (χ0n) is 29.5. The van der Waals surface area contributed by atoms with Crippen LogP contribution in [0.4, 0.5) is 35.9 Å². The molecule has 5 aromatic carbocycles. The number of rotatable bonds is 9. The predicted octanol–water partition coefficient (Wildman–Crippen LogP) is 10.3. The Balaban J connectivity index is 0.000000228. The molecule has 6 nitrogen and oxygen atoms in total. The number of para-hydroxylation sites is 2. The molecule has 0 saturated carbocycles. The highest BCUT2D eigenvalue weighted by molar-refractivity contribution is 7.89. The molecule has 3 N–H and O–H groups in total. The van der Waals surface area contributed by atoms with Gasteiger partial charge in [0.05, 0.1) is 10.5 Å². The Hall–Kier alpha value is -3.77. The highest BCUT2D eigenvalue weighted by atomic mass is 35.5. The van der Waals surface area contributed by atoms with E-state index in [-0.39, 0.29) is 23.8 Å². The van der Waals surface area contributed by atoms with Crippen molar-refractivity contribution in [3.63, 3.8) is 0 Å². The van der Waals surface area contributed by atoms with Gasteiger partial charge in [0.15, 0.2) is 0 Å². The Bertz CT molecular complexity index is 2150. The van der Waals surface area contributed by atoms with E-state index >= 15 is 0 Å². The highest BCUT2D eigenvalue weighted by Gasteiger charge is 2.30. The van der Waals surface area contributed by atoms with Gasteiger partial charge in [-0.3, -0.25) is 0 Å². The molecule has 0 aliphatic carbocycles. The van der Waals surface area contributed by atoms with Gasteiger partial charge in [0.2, 0.25) is 10.0 Å². The number of sulfonamides is 1. The van der Waals surface area contributed by atoms with Crippen LogP contribution in [0.3, 0.4) is 0 Å². The lowest BCUT2D eigenvalue weighted by atomic mass is 10.0. The summed E-state index contributed by atoms with van der Waals surface area (Å²) in [6.45, 7) is 2.36. The fourth-order valence-electron chi connectivity index (χ4n) is 6.89. The number of nitrogens with two attached hydrogens (primary N) is 1. The smallest absolute Gasteiger partial charge is 0.341 e. The van der Waals surface area contributed by atoms with Crippen LogP contribution < -0.4 is 20.3 Å². The van der Waals surface area contributed by atoms with E-state index in [1.165, 1.54) is 28.1 Å². The van der Waals surface area contributed by atoms with Gasteiger partial charge in [0.1, 0.15) is 0 Å². The topological polar surface area (TPSA) is 78.7 Å². The number of nitrogens with zero attached hydrogens (tertiary/aromatic N) is 2. The molecular formula is C41H42Cl3F3N4O2S. The number of hydrogen-bond acceptors (Lipinski definition) is 5. The molecule has 5 aromatic rings. The van der Waals surface area contributed by atoms with Gasteiger partial charge >= 0.3 is 6.18 Å². The van der Waals surface area contributed by atoms with Crippen LogP contribution in [0.5, 0.6) is 0 Å². The number of alkyl halides is 3. The fraction of sp³-hybridized carbons (Fsp3) is 0.268. The second-order valence-corrected chi connectivity index (χ2v) is 15.7. The minimum absolute atomic E-state index is 0. The summed E-state index contributed by atoms with van der Waals surface area (Å²) in [6, 6.07) is 32.2. The van der Waals surface area contributed by atoms with Crippen molar-refractivity contribution in [1.82, 2.24) is 4.72 Å². The maximum Gasteiger partial charge on any atom is 0.416 e. The number of fused-ring (bicyclic) bond motifs is 4.